The van der Waals surface area contributed by atoms with Crippen LogP contribution in [0.1, 0.15) is 32.6 Å². The van der Waals surface area contributed by atoms with Crippen molar-refractivity contribution in [2.24, 2.45) is 5.73 Å². The molecule has 6 nitrogen and oxygen atoms in total. The predicted octanol–water partition coefficient (Wildman–Crippen LogP) is 2.12. The van der Waals surface area contributed by atoms with E-state index in [0.717, 1.165) is 0 Å². The highest BCUT2D eigenvalue weighted by molar-refractivity contribution is 5.60. The van der Waals surface area contributed by atoms with Crippen LogP contribution in [0, 0.1) is 0 Å². The molecule has 0 unspecified atom stereocenters. The highest BCUT2D eigenvalue weighted by Crippen LogP contribution is 2.31. The summed E-state index contributed by atoms with van der Waals surface area (Å²) in [5.74, 6) is 0.290. The van der Waals surface area contributed by atoms with Crippen molar-refractivity contribution >= 4 is 0 Å². The Morgan fingerprint density at radius 2 is 1.89 bits per heavy atom. The van der Waals surface area contributed by atoms with Gasteiger partial charge >= 0.3 is 0 Å². The zero-order valence-corrected chi connectivity index (χ0v) is 10.9. The number of phenols is 2. The Morgan fingerprint density at radius 1 is 1.21 bits per heavy atom. The van der Waals surface area contributed by atoms with Crippen LogP contribution in [0.2, 0.25) is 0 Å². The Balaban J connectivity index is 2.38. The van der Waals surface area contributed by atoms with Crippen LogP contribution in [0.3, 0.4) is 0 Å². The van der Waals surface area contributed by atoms with E-state index in [1.54, 1.807) is 6.07 Å². The van der Waals surface area contributed by atoms with Gasteiger partial charge in [0, 0.05) is 5.56 Å². The first-order valence-electron chi connectivity index (χ1n) is 6.15. The van der Waals surface area contributed by atoms with Crippen LogP contribution in [-0.2, 0) is 5.54 Å². The number of nitrogens with two attached hydrogens (primary N) is 1. The highest BCUT2D eigenvalue weighted by atomic mass is 16.5. The maximum Gasteiger partial charge on any atom is 0.247 e. The van der Waals surface area contributed by atoms with E-state index in [9.17, 15) is 10.2 Å². The Kier molecular flexibility index (Phi) is 3.44. The van der Waals surface area contributed by atoms with Gasteiger partial charge in [0.2, 0.25) is 11.7 Å². The lowest BCUT2D eigenvalue weighted by Gasteiger charge is -2.20. The summed E-state index contributed by atoms with van der Waals surface area (Å²) in [5.41, 5.74) is 6.10. The predicted molar refractivity (Wildman–Crippen MR) is 69.5 cm³/mol. The molecule has 1 heterocycles. The average molecular weight is 263 g/mol. The smallest absolute Gasteiger partial charge is 0.247 e. The van der Waals surface area contributed by atoms with E-state index in [-0.39, 0.29) is 11.5 Å². The molecular formula is C13H17N3O3. The molecule has 0 fully saturated rings. The van der Waals surface area contributed by atoms with E-state index >= 15 is 0 Å². The summed E-state index contributed by atoms with van der Waals surface area (Å²) in [6.07, 6.45) is 1.37. The van der Waals surface area contributed by atoms with Crippen LogP contribution in [0.4, 0.5) is 0 Å². The topological polar surface area (TPSA) is 105 Å². The number of rotatable bonds is 4. The first-order valence-corrected chi connectivity index (χ1v) is 6.15. The van der Waals surface area contributed by atoms with E-state index in [0.29, 0.717) is 30.1 Å². The van der Waals surface area contributed by atoms with Gasteiger partial charge < -0.3 is 20.5 Å². The number of aromatic hydroxyl groups is 2. The zero-order valence-electron chi connectivity index (χ0n) is 10.9. The molecule has 0 saturated carbocycles. The quantitative estimate of drug-likeness (QED) is 0.730. The molecule has 1 aromatic heterocycles. The molecule has 6 heteroatoms. The fourth-order valence-electron chi connectivity index (χ4n) is 1.76. The first kappa shape index (κ1) is 13.4. The summed E-state index contributed by atoms with van der Waals surface area (Å²) in [6.45, 7) is 3.92. The largest absolute Gasteiger partial charge is 0.504 e. The lowest BCUT2D eigenvalue weighted by molar-refractivity contribution is 0.268. The molecule has 4 N–H and O–H groups in total. The molecule has 2 aromatic rings. The van der Waals surface area contributed by atoms with Gasteiger partial charge in [0.05, 0.1) is 5.54 Å². The summed E-state index contributed by atoms with van der Waals surface area (Å²) >= 11 is 0. The summed E-state index contributed by atoms with van der Waals surface area (Å²) in [4.78, 5) is 4.27. The standard InChI is InChI=1S/C13H17N3O3/c1-3-13(14,4-2)12-15-11(16-19-12)8-5-6-9(17)10(18)7-8/h5-7,17-18H,3-4,14H2,1-2H3. The van der Waals surface area contributed by atoms with Crippen molar-refractivity contribution in [2.45, 2.75) is 32.2 Å². The van der Waals surface area contributed by atoms with Gasteiger partial charge in [-0.25, -0.2) is 0 Å². The second-order valence-corrected chi connectivity index (χ2v) is 4.49. The second kappa shape index (κ2) is 4.89. The van der Waals surface area contributed by atoms with Crippen LogP contribution in [-0.4, -0.2) is 20.4 Å². The molecule has 1 aromatic carbocycles. The van der Waals surface area contributed by atoms with Gasteiger partial charge in [-0.05, 0) is 31.0 Å². The number of phenolic OH excluding ortho intramolecular Hbond substituents is 2. The molecule has 102 valence electrons. The van der Waals surface area contributed by atoms with Crippen molar-refractivity contribution < 1.29 is 14.7 Å². The number of nitrogens with zero attached hydrogens (tertiary/aromatic N) is 2. The highest BCUT2D eigenvalue weighted by Gasteiger charge is 2.30. The Labute approximate surface area is 110 Å². The molecular weight excluding hydrogens is 246 g/mol. The Bertz CT molecular complexity index is 576. The van der Waals surface area contributed by atoms with Gasteiger partial charge in [-0.2, -0.15) is 4.98 Å². The van der Waals surface area contributed by atoms with Gasteiger partial charge in [0.15, 0.2) is 11.5 Å². The van der Waals surface area contributed by atoms with Crippen molar-refractivity contribution in [3.8, 4) is 22.9 Å². The molecule has 0 radical (unpaired) electrons. The van der Waals surface area contributed by atoms with Crippen LogP contribution < -0.4 is 5.73 Å². The van der Waals surface area contributed by atoms with Crippen LogP contribution >= 0.6 is 0 Å². The molecule has 0 bridgehead atoms. The monoisotopic (exact) mass is 263 g/mol. The number of aromatic nitrogens is 2. The van der Waals surface area contributed by atoms with Crippen molar-refractivity contribution in [3.63, 3.8) is 0 Å². The number of hydrogen-bond donors (Lipinski definition) is 3. The van der Waals surface area contributed by atoms with E-state index in [4.69, 9.17) is 10.3 Å². The van der Waals surface area contributed by atoms with E-state index in [1.165, 1.54) is 12.1 Å². The maximum absolute atomic E-state index is 9.46. The van der Waals surface area contributed by atoms with E-state index in [1.807, 2.05) is 13.8 Å². The van der Waals surface area contributed by atoms with Gasteiger partial charge in [0.25, 0.3) is 0 Å². The van der Waals surface area contributed by atoms with Crippen LogP contribution in [0.5, 0.6) is 11.5 Å². The molecule has 0 aliphatic rings. The number of hydrogen-bond acceptors (Lipinski definition) is 6. The molecule has 0 aliphatic carbocycles. The molecule has 0 saturated heterocycles. The third-order valence-corrected chi connectivity index (χ3v) is 3.35. The normalized spacial score (nSPS) is 11.7. The minimum Gasteiger partial charge on any atom is -0.504 e. The van der Waals surface area contributed by atoms with Crippen LogP contribution in [0.25, 0.3) is 11.4 Å². The Morgan fingerprint density at radius 3 is 2.47 bits per heavy atom. The third-order valence-electron chi connectivity index (χ3n) is 3.35. The van der Waals surface area contributed by atoms with Gasteiger partial charge in [0.1, 0.15) is 0 Å². The van der Waals surface area contributed by atoms with E-state index < -0.39 is 5.54 Å². The summed E-state index contributed by atoms with van der Waals surface area (Å²) in [6, 6.07) is 4.34. The maximum atomic E-state index is 9.46. The van der Waals surface area contributed by atoms with Crippen molar-refractivity contribution in [3.05, 3.63) is 24.1 Å². The fraction of sp³-hybridized carbons (Fsp3) is 0.385. The van der Waals surface area contributed by atoms with Gasteiger partial charge in [-0.3, -0.25) is 0 Å². The molecule has 2 rings (SSSR count). The average Bonchev–Trinajstić information content (AvgIpc) is 2.91. The van der Waals surface area contributed by atoms with Gasteiger partial charge in [-0.1, -0.05) is 19.0 Å². The minimum absolute atomic E-state index is 0.192. The second-order valence-electron chi connectivity index (χ2n) is 4.49. The summed E-state index contributed by atoms with van der Waals surface area (Å²) in [5, 5.41) is 22.6. The first-order chi connectivity index (χ1) is 9.00. The van der Waals surface area contributed by atoms with Crippen LogP contribution in [0.15, 0.2) is 22.7 Å². The summed E-state index contributed by atoms with van der Waals surface area (Å²) in [7, 11) is 0. The lowest BCUT2D eigenvalue weighted by Crippen LogP contribution is -2.35. The summed E-state index contributed by atoms with van der Waals surface area (Å²) < 4.78 is 5.21. The molecule has 0 spiro atoms. The van der Waals surface area contributed by atoms with Crippen molar-refractivity contribution in [2.75, 3.05) is 0 Å². The molecule has 0 aliphatic heterocycles. The van der Waals surface area contributed by atoms with Crippen molar-refractivity contribution in [1.29, 1.82) is 0 Å². The number of benzene rings is 1. The zero-order chi connectivity index (χ0) is 14.0. The SMILES string of the molecule is CCC(N)(CC)c1nc(-c2ccc(O)c(O)c2)no1. The van der Waals surface area contributed by atoms with Crippen molar-refractivity contribution in [1.82, 2.24) is 10.1 Å². The third kappa shape index (κ3) is 2.39. The lowest BCUT2D eigenvalue weighted by atomic mass is 9.94. The van der Waals surface area contributed by atoms with Gasteiger partial charge in [-0.15, -0.1) is 0 Å². The van der Waals surface area contributed by atoms with E-state index in [2.05, 4.69) is 10.1 Å². The fourth-order valence-corrected chi connectivity index (χ4v) is 1.76. The molecule has 19 heavy (non-hydrogen) atoms. The molecule has 0 atom stereocenters. The Hall–Kier alpha value is -2.08. The minimum atomic E-state index is -0.635. The molecule has 0 amide bonds.